The lowest BCUT2D eigenvalue weighted by atomic mass is 9.95. The SMILES string of the molecule is CN1CCc2c(c3cc(Cl)ccc3n2CC(C)(O)c2ccc(F)cc2)C1. The third-order valence-corrected chi connectivity index (χ3v) is 5.57. The quantitative estimate of drug-likeness (QED) is 0.741. The predicted octanol–water partition coefficient (Wildman–Crippen LogP) is 4.33. The molecule has 2 aromatic carbocycles. The van der Waals surface area contributed by atoms with E-state index in [-0.39, 0.29) is 5.82 Å². The summed E-state index contributed by atoms with van der Waals surface area (Å²) in [5.74, 6) is -0.300. The molecule has 0 aliphatic carbocycles. The largest absolute Gasteiger partial charge is 0.384 e. The van der Waals surface area contributed by atoms with Gasteiger partial charge in [0.1, 0.15) is 11.4 Å². The number of likely N-dealkylation sites (N-methyl/N-ethyl adjacent to an activating group) is 1. The van der Waals surface area contributed by atoms with E-state index in [0.717, 1.165) is 35.4 Å². The van der Waals surface area contributed by atoms with Crippen LogP contribution in [0.2, 0.25) is 5.02 Å². The van der Waals surface area contributed by atoms with Gasteiger partial charge >= 0.3 is 0 Å². The highest BCUT2D eigenvalue weighted by atomic mass is 35.5. The summed E-state index contributed by atoms with van der Waals surface area (Å²) in [6, 6.07) is 12.0. The Morgan fingerprint density at radius 1 is 1.19 bits per heavy atom. The summed E-state index contributed by atoms with van der Waals surface area (Å²) in [4.78, 5) is 2.30. The normalized spacial score (nSPS) is 17.3. The third-order valence-electron chi connectivity index (χ3n) is 5.34. The molecule has 26 heavy (non-hydrogen) atoms. The molecule has 3 nitrogen and oxygen atoms in total. The second-order valence-corrected chi connectivity index (χ2v) is 7.88. The molecular weight excluding hydrogens is 351 g/mol. The molecule has 0 fully saturated rings. The van der Waals surface area contributed by atoms with E-state index < -0.39 is 5.60 Å². The number of aromatic nitrogens is 1. The highest BCUT2D eigenvalue weighted by molar-refractivity contribution is 6.31. The van der Waals surface area contributed by atoms with Crippen LogP contribution in [0.25, 0.3) is 10.9 Å². The van der Waals surface area contributed by atoms with Gasteiger partial charge in [-0.15, -0.1) is 0 Å². The molecule has 3 aromatic rings. The first kappa shape index (κ1) is 17.5. The molecule has 1 aliphatic rings. The van der Waals surface area contributed by atoms with Crippen LogP contribution in [-0.2, 0) is 25.1 Å². The van der Waals surface area contributed by atoms with Crippen LogP contribution in [0.1, 0.15) is 23.7 Å². The maximum Gasteiger partial charge on any atom is 0.123 e. The van der Waals surface area contributed by atoms with Crippen LogP contribution in [0, 0.1) is 5.82 Å². The second-order valence-electron chi connectivity index (χ2n) is 7.44. The monoisotopic (exact) mass is 372 g/mol. The van der Waals surface area contributed by atoms with Crippen molar-refractivity contribution in [3.63, 3.8) is 0 Å². The van der Waals surface area contributed by atoms with Gasteiger partial charge in [0.15, 0.2) is 0 Å². The molecule has 2 heterocycles. The van der Waals surface area contributed by atoms with Crippen LogP contribution >= 0.6 is 11.6 Å². The van der Waals surface area contributed by atoms with Crippen molar-refractivity contribution in [1.29, 1.82) is 0 Å². The predicted molar refractivity (Wildman–Crippen MR) is 103 cm³/mol. The Hall–Kier alpha value is -1.88. The maximum atomic E-state index is 13.3. The van der Waals surface area contributed by atoms with Crippen LogP contribution in [0.15, 0.2) is 42.5 Å². The van der Waals surface area contributed by atoms with Crippen LogP contribution in [-0.4, -0.2) is 28.2 Å². The lowest BCUT2D eigenvalue weighted by molar-refractivity contribution is 0.0384. The van der Waals surface area contributed by atoms with Crippen molar-refractivity contribution in [2.24, 2.45) is 0 Å². The minimum absolute atomic E-state index is 0.300. The molecule has 0 saturated heterocycles. The van der Waals surface area contributed by atoms with Gasteiger partial charge in [-0.25, -0.2) is 4.39 Å². The summed E-state index contributed by atoms with van der Waals surface area (Å²) in [6.07, 6.45) is 0.928. The molecule has 0 radical (unpaired) electrons. The fourth-order valence-corrected chi connectivity index (χ4v) is 4.12. The molecular formula is C21H22ClFN2O. The summed E-state index contributed by atoms with van der Waals surface area (Å²) in [5.41, 5.74) is 3.22. The number of hydrogen-bond acceptors (Lipinski definition) is 2. The van der Waals surface area contributed by atoms with E-state index in [1.807, 2.05) is 18.2 Å². The molecule has 0 amide bonds. The summed E-state index contributed by atoms with van der Waals surface area (Å²) < 4.78 is 15.5. The number of aliphatic hydroxyl groups is 1. The highest BCUT2D eigenvalue weighted by Gasteiger charge is 2.29. The van der Waals surface area contributed by atoms with E-state index in [1.54, 1.807) is 19.1 Å². The zero-order valence-corrected chi connectivity index (χ0v) is 15.7. The Morgan fingerprint density at radius 3 is 2.65 bits per heavy atom. The van der Waals surface area contributed by atoms with E-state index in [0.29, 0.717) is 12.1 Å². The van der Waals surface area contributed by atoms with Gasteiger partial charge in [-0.05, 0) is 55.4 Å². The van der Waals surface area contributed by atoms with Crippen molar-refractivity contribution >= 4 is 22.5 Å². The van der Waals surface area contributed by atoms with Crippen molar-refractivity contribution in [3.05, 3.63) is 70.1 Å². The first-order valence-corrected chi connectivity index (χ1v) is 9.19. The van der Waals surface area contributed by atoms with E-state index in [9.17, 15) is 9.50 Å². The topological polar surface area (TPSA) is 28.4 Å². The van der Waals surface area contributed by atoms with Crippen LogP contribution in [0.4, 0.5) is 4.39 Å². The second kappa shape index (κ2) is 6.38. The molecule has 5 heteroatoms. The van der Waals surface area contributed by atoms with Gasteiger partial charge in [0.25, 0.3) is 0 Å². The molecule has 1 atom stereocenters. The average molecular weight is 373 g/mol. The number of benzene rings is 2. The zero-order chi connectivity index (χ0) is 18.5. The van der Waals surface area contributed by atoms with Crippen LogP contribution in [0.5, 0.6) is 0 Å². The first-order valence-electron chi connectivity index (χ1n) is 8.81. The van der Waals surface area contributed by atoms with Crippen molar-refractivity contribution in [2.45, 2.75) is 32.0 Å². The molecule has 1 aromatic heterocycles. The average Bonchev–Trinajstić information content (AvgIpc) is 2.87. The Balaban J connectivity index is 1.82. The lowest BCUT2D eigenvalue weighted by Crippen LogP contribution is -2.31. The molecule has 0 saturated carbocycles. The molecule has 1 N–H and O–H groups in total. The smallest absolute Gasteiger partial charge is 0.123 e. The minimum Gasteiger partial charge on any atom is -0.384 e. The first-order chi connectivity index (χ1) is 12.3. The fraction of sp³-hybridized carbons (Fsp3) is 0.333. The summed E-state index contributed by atoms with van der Waals surface area (Å²) >= 11 is 6.24. The Bertz CT molecular complexity index is 962. The number of rotatable bonds is 3. The van der Waals surface area contributed by atoms with Crippen molar-refractivity contribution in [2.75, 3.05) is 13.6 Å². The summed E-state index contributed by atoms with van der Waals surface area (Å²) in [7, 11) is 2.12. The molecule has 1 unspecified atom stereocenters. The van der Waals surface area contributed by atoms with Crippen molar-refractivity contribution in [3.8, 4) is 0 Å². The Labute approximate surface area is 157 Å². The molecule has 4 rings (SSSR count). The number of halogens is 2. The fourth-order valence-electron chi connectivity index (χ4n) is 3.95. The van der Waals surface area contributed by atoms with Gasteiger partial charge < -0.3 is 14.6 Å². The van der Waals surface area contributed by atoms with Gasteiger partial charge in [0.05, 0.1) is 6.54 Å². The van der Waals surface area contributed by atoms with Gasteiger partial charge in [-0.2, -0.15) is 0 Å². The van der Waals surface area contributed by atoms with Gasteiger partial charge in [0.2, 0.25) is 0 Å². The number of nitrogens with zero attached hydrogens (tertiary/aromatic N) is 2. The number of fused-ring (bicyclic) bond motifs is 3. The Kier molecular flexibility index (Phi) is 4.30. The van der Waals surface area contributed by atoms with Gasteiger partial charge in [0, 0.05) is 41.1 Å². The van der Waals surface area contributed by atoms with Gasteiger partial charge in [-0.1, -0.05) is 23.7 Å². The standard InChI is InChI=1S/C21H22ClFN2O/c1-21(26,14-3-6-16(23)7-4-14)13-25-19-8-5-15(22)11-17(19)18-12-24(2)10-9-20(18)25/h3-8,11,26H,9-10,12-13H2,1-2H3. The summed E-state index contributed by atoms with van der Waals surface area (Å²) in [5, 5.41) is 13.0. The summed E-state index contributed by atoms with van der Waals surface area (Å²) in [6.45, 7) is 4.05. The molecule has 1 aliphatic heterocycles. The Morgan fingerprint density at radius 2 is 1.92 bits per heavy atom. The lowest BCUT2D eigenvalue weighted by Gasteiger charge is -2.29. The van der Waals surface area contributed by atoms with Crippen LogP contribution < -0.4 is 0 Å². The zero-order valence-electron chi connectivity index (χ0n) is 15.0. The van der Waals surface area contributed by atoms with Gasteiger partial charge in [-0.3, -0.25) is 0 Å². The molecule has 136 valence electrons. The van der Waals surface area contributed by atoms with Crippen LogP contribution in [0.3, 0.4) is 0 Å². The molecule has 0 spiro atoms. The highest BCUT2D eigenvalue weighted by Crippen LogP contribution is 2.35. The van der Waals surface area contributed by atoms with E-state index >= 15 is 0 Å². The van der Waals surface area contributed by atoms with E-state index in [4.69, 9.17) is 11.6 Å². The minimum atomic E-state index is -1.10. The van der Waals surface area contributed by atoms with E-state index in [1.165, 1.54) is 23.4 Å². The van der Waals surface area contributed by atoms with E-state index in [2.05, 4.69) is 16.5 Å². The van der Waals surface area contributed by atoms with Crippen molar-refractivity contribution < 1.29 is 9.50 Å². The van der Waals surface area contributed by atoms with Crippen molar-refractivity contribution in [1.82, 2.24) is 9.47 Å². The number of hydrogen-bond donors (Lipinski definition) is 1. The molecule has 0 bridgehead atoms. The third kappa shape index (κ3) is 3.02. The maximum absolute atomic E-state index is 13.3.